The van der Waals surface area contributed by atoms with E-state index >= 15 is 0 Å². The molecule has 0 aliphatic rings. The average Bonchev–Trinajstić information content (AvgIpc) is 2.45. The van der Waals surface area contributed by atoms with Crippen molar-refractivity contribution in [1.29, 1.82) is 0 Å². The van der Waals surface area contributed by atoms with Gasteiger partial charge in [-0.25, -0.2) is 8.78 Å². The fraction of sp³-hybridized carbons (Fsp3) is 0.214. The summed E-state index contributed by atoms with van der Waals surface area (Å²) in [5.41, 5.74) is 0.922. The number of ether oxygens (including phenoxy) is 1. The molecule has 1 N–H and O–H groups in total. The lowest BCUT2D eigenvalue weighted by Gasteiger charge is -2.10. The standard InChI is InChI=1S/C14H13F3N2O/c1-20-12-5-3-2-4-9(12)6-7-18-14-11(16)8-10(15)13(17)19-14/h2-5,8H,6-7H2,1H3,(H,18,19). The molecule has 0 saturated carbocycles. The van der Waals surface area contributed by atoms with Crippen molar-refractivity contribution in [3.63, 3.8) is 0 Å². The van der Waals surface area contributed by atoms with Gasteiger partial charge in [-0.3, -0.25) is 0 Å². The number of aromatic nitrogens is 1. The molecule has 2 aromatic rings. The smallest absolute Gasteiger partial charge is 0.251 e. The van der Waals surface area contributed by atoms with Gasteiger partial charge in [0, 0.05) is 12.6 Å². The fourth-order valence-electron chi connectivity index (χ4n) is 1.79. The Morgan fingerprint density at radius 2 is 1.90 bits per heavy atom. The predicted molar refractivity (Wildman–Crippen MR) is 69.3 cm³/mol. The number of nitrogens with one attached hydrogen (secondary N) is 1. The van der Waals surface area contributed by atoms with Crippen molar-refractivity contribution in [2.75, 3.05) is 19.0 Å². The van der Waals surface area contributed by atoms with Crippen LogP contribution in [0.1, 0.15) is 5.56 Å². The summed E-state index contributed by atoms with van der Waals surface area (Å²) in [4.78, 5) is 3.19. The summed E-state index contributed by atoms with van der Waals surface area (Å²) in [6, 6.07) is 7.84. The van der Waals surface area contributed by atoms with E-state index < -0.39 is 17.6 Å². The lowest BCUT2D eigenvalue weighted by atomic mass is 10.1. The highest BCUT2D eigenvalue weighted by Gasteiger charge is 2.11. The molecule has 0 aliphatic heterocycles. The highest BCUT2D eigenvalue weighted by atomic mass is 19.2. The summed E-state index contributed by atoms with van der Waals surface area (Å²) >= 11 is 0. The molecule has 20 heavy (non-hydrogen) atoms. The van der Waals surface area contributed by atoms with Crippen LogP contribution in [0.4, 0.5) is 19.0 Å². The SMILES string of the molecule is COc1ccccc1CCNc1nc(F)c(F)cc1F. The van der Waals surface area contributed by atoms with Crippen LogP contribution in [-0.2, 0) is 6.42 Å². The van der Waals surface area contributed by atoms with E-state index in [1.807, 2.05) is 24.3 Å². The molecule has 106 valence electrons. The van der Waals surface area contributed by atoms with E-state index in [-0.39, 0.29) is 5.82 Å². The van der Waals surface area contributed by atoms with Crippen LogP contribution in [0.25, 0.3) is 0 Å². The quantitative estimate of drug-likeness (QED) is 0.855. The summed E-state index contributed by atoms with van der Waals surface area (Å²) < 4.78 is 44.2. The number of pyridine rings is 1. The molecule has 0 spiro atoms. The van der Waals surface area contributed by atoms with Gasteiger partial charge < -0.3 is 10.1 Å². The average molecular weight is 282 g/mol. The van der Waals surface area contributed by atoms with Crippen LogP contribution in [0, 0.1) is 17.6 Å². The highest BCUT2D eigenvalue weighted by Crippen LogP contribution is 2.18. The first-order valence-corrected chi connectivity index (χ1v) is 5.99. The van der Waals surface area contributed by atoms with E-state index in [1.54, 1.807) is 7.11 Å². The Balaban J connectivity index is 2.01. The Morgan fingerprint density at radius 3 is 2.65 bits per heavy atom. The molecule has 2 rings (SSSR count). The molecule has 6 heteroatoms. The highest BCUT2D eigenvalue weighted by molar-refractivity contribution is 5.38. The van der Waals surface area contributed by atoms with Crippen molar-refractivity contribution < 1.29 is 17.9 Å². The van der Waals surface area contributed by atoms with Crippen molar-refractivity contribution in [3.8, 4) is 5.75 Å². The van der Waals surface area contributed by atoms with Crippen LogP contribution in [0.15, 0.2) is 30.3 Å². The molecule has 0 bridgehead atoms. The van der Waals surface area contributed by atoms with E-state index in [0.29, 0.717) is 24.8 Å². The Labute approximate surface area is 114 Å². The summed E-state index contributed by atoms with van der Waals surface area (Å²) in [7, 11) is 1.56. The zero-order chi connectivity index (χ0) is 14.5. The van der Waals surface area contributed by atoms with Crippen LogP contribution < -0.4 is 10.1 Å². The van der Waals surface area contributed by atoms with Crippen LogP contribution >= 0.6 is 0 Å². The Hall–Kier alpha value is -2.24. The Kier molecular flexibility index (Phi) is 4.45. The molecule has 0 saturated heterocycles. The van der Waals surface area contributed by atoms with Gasteiger partial charge in [0.05, 0.1) is 7.11 Å². The van der Waals surface area contributed by atoms with Crippen molar-refractivity contribution in [2.24, 2.45) is 0 Å². The molecule has 0 atom stereocenters. The third kappa shape index (κ3) is 3.20. The number of halogens is 3. The van der Waals surface area contributed by atoms with E-state index in [1.165, 1.54) is 0 Å². The first-order chi connectivity index (χ1) is 9.61. The van der Waals surface area contributed by atoms with E-state index in [2.05, 4.69) is 10.3 Å². The maximum atomic E-state index is 13.3. The van der Waals surface area contributed by atoms with Gasteiger partial charge >= 0.3 is 0 Å². The van der Waals surface area contributed by atoms with Gasteiger partial charge in [0.2, 0.25) is 0 Å². The molecule has 1 heterocycles. The first kappa shape index (κ1) is 14.2. The van der Waals surface area contributed by atoms with Crippen molar-refractivity contribution >= 4 is 5.82 Å². The molecule has 0 aliphatic carbocycles. The maximum Gasteiger partial charge on any atom is 0.251 e. The van der Waals surface area contributed by atoms with E-state index in [0.717, 1.165) is 5.56 Å². The molecule has 0 radical (unpaired) electrons. The van der Waals surface area contributed by atoms with Gasteiger partial charge in [0.15, 0.2) is 17.5 Å². The zero-order valence-electron chi connectivity index (χ0n) is 10.8. The Morgan fingerprint density at radius 1 is 1.15 bits per heavy atom. The number of methoxy groups -OCH3 is 1. The number of rotatable bonds is 5. The normalized spacial score (nSPS) is 10.4. The summed E-state index contributed by atoms with van der Waals surface area (Å²) in [5.74, 6) is -3.15. The molecule has 3 nitrogen and oxygen atoms in total. The van der Waals surface area contributed by atoms with E-state index in [4.69, 9.17) is 4.74 Å². The van der Waals surface area contributed by atoms with Gasteiger partial charge in [-0.1, -0.05) is 18.2 Å². The number of hydrogen-bond acceptors (Lipinski definition) is 3. The van der Waals surface area contributed by atoms with Crippen LogP contribution in [-0.4, -0.2) is 18.6 Å². The summed E-state index contributed by atoms with van der Waals surface area (Å²) in [6.45, 7) is 0.315. The molecule has 0 unspecified atom stereocenters. The number of para-hydroxylation sites is 1. The number of nitrogens with zero attached hydrogens (tertiary/aromatic N) is 1. The van der Waals surface area contributed by atoms with Gasteiger partial charge in [-0.2, -0.15) is 9.37 Å². The number of hydrogen-bond donors (Lipinski definition) is 1. The largest absolute Gasteiger partial charge is 0.496 e. The third-order valence-corrected chi connectivity index (χ3v) is 2.77. The maximum absolute atomic E-state index is 13.3. The predicted octanol–water partition coefficient (Wildman–Crippen LogP) is 3.16. The van der Waals surface area contributed by atoms with Crippen LogP contribution in [0.5, 0.6) is 5.75 Å². The summed E-state index contributed by atoms with van der Waals surface area (Å²) in [5, 5.41) is 2.63. The fourth-order valence-corrected chi connectivity index (χ4v) is 1.79. The monoisotopic (exact) mass is 282 g/mol. The second-order valence-electron chi connectivity index (χ2n) is 4.08. The molecular weight excluding hydrogens is 269 g/mol. The van der Waals surface area contributed by atoms with Gasteiger partial charge in [-0.15, -0.1) is 0 Å². The van der Waals surface area contributed by atoms with Crippen molar-refractivity contribution in [2.45, 2.75) is 6.42 Å². The van der Waals surface area contributed by atoms with E-state index in [9.17, 15) is 13.2 Å². The molecule has 0 fully saturated rings. The molecule has 0 amide bonds. The van der Waals surface area contributed by atoms with Gasteiger partial charge in [0.1, 0.15) is 5.75 Å². The van der Waals surface area contributed by atoms with Gasteiger partial charge in [0.25, 0.3) is 5.95 Å². The van der Waals surface area contributed by atoms with Crippen molar-refractivity contribution in [1.82, 2.24) is 4.98 Å². The second-order valence-corrected chi connectivity index (χ2v) is 4.08. The second kappa shape index (κ2) is 6.27. The minimum absolute atomic E-state index is 0.307. The molecule has 1 aromatic carbocycles. The lowest BCUT2D eigenvalue weighted by molar-refractivity contribution is 0.410. The third-order valence-electron chi connectivity index (χ3n) is 2.77. The van der Waals surface area contributed by atoms with Gasteiger partial charge in [-0.05, 0) is 18.1 Å². The number of benzene rings is 1. The zero-order valence-corrected chi connectivity index (χ0v) is 10.8. The lowest BCUT2D eigenvalue weighted by Crippen LogP contribution is -2.10. The topological polar surface area (TPSA) is 34.1 Å². The first-order valence-electron chi connectivity index (χ1n) is 5.99. The van der Waals surface area contributed by atoms with Crippen molar-refractivity contribution in [3.05, 3.63) is 53.5 Å². The Bertz CT molecular complexity index is 605. The van der Waals surface area contributed by atoms with Crippen LogP contribution in [0.3, 0.4) is 0 Å². The summed E-state index contributed by atoms with van der Waals surface area (Å²) in [6.07, 6.45) is 0.532. The van der Waals surface area contributed by atoms with Crippen LogP contribution in [0.2, 0.25) is 0 Å². The molecular formula is C14H13F3N2O. The molecule has 1 aromatic heterocycles. The minimum Gasteiger partial charge on any atom is -0.496 e. The number of anilines is 1. The minimum atomic E-state index is -1.33.